The van der Waals surface area contributed by atoms with Crippen LogP contribution in [0.2, 0.25) is 0 Å². The van der Waals surface area contributed by atoms with Gasteiger partial charge in [-0.05, 0) is 37.3 Å². The van der Waals surface area contributed by atoms with Crippen molar-refractivity contribution < 1.29 is 13.2 Å². The summed E-state index contributed by atoms with van der Waals surface area (Å²) in [6.07, 6.45) is 1.19. The lowest BCUT2D eigenvalue weighted by molar-refractivity contribution is 0.306. The van der Waals surface area contributed by atoms with Gasteiger partial charge in [-0.3, -0.25) is 0 Å². The highest BCUT2D eigenvalue weighted by molar-refractivity contribution is 7.90. The second-order valence-corrected chi connectivity index (χ2v) is 7.89. The fourth-order valence-corrected chi connectivity index (χ4v) is 3.33. The van der Waals surface area contributed by atoms with Crippen molar-refractivity contribution in [1.29, 1.82) is 0 Å². The first-order valence-corrected chi connectivity index (χ1v) is 8.82. The van der Waals surface area contributed by atoms with Crippen LogP contribution in [0.25, 0.3) is 0 Å². The van der Waals surface area contributed by atoms with E-state index in [1.165, 1.54) is 11.1 Å². The summed E-state index contributed by atoms with van der Waals surface area (Å²) in [5, 5.41) is 0. The van der Waals surface area contributed by atoms with E-state index < -0.39 is 9.84 Å². The summed E-state index contributed by atoms with van der Waals surface area (Å²) in [7, 11) is -3.16. The Morgan fingerprint density at radius 2 is 1.90 bits per heavy atom. The molecule has 0 fully saturated rings. The smallest absolute Gasteiger partial charge is 0.175 e. The van der Waals surface area contributed by atoms with Crippen LogP contribution < -0.4 is 10.5 Å². The maximum absolute atomic E-state index is 11.4. The van der Waals surface area contributed by atoms with E-state index in [0.29, 0.717) is 23.8 Å². The summed E-state index contributed by atoms with van der Waals surface area (Å²) in [5.74, 6) is 0.650. The summed E-state index contributed by atoms with van der Waals surface area (Å²) in [6.45, 7) is 3.03. The zero-order chi connectivity index (χ0) is 14.8. The van der Waals surface area contributed by atoms with Gasteiger partial charge in [0.15, 0.2) is 9.84 Å². The van der Waals surface area contributed by atoms with Gasteiger partial charge >= 0.3 is 0 Å². The predicted molar refractivity (Wildman–Crippen MR) is 80.8 cm³/mol. The van der Waals surface area contributed by atoms with Gasteiger partial charge in [-0.2, -0.15) is 0 Å². The van der Waals surface area contributed by atoms with Crippen LogP contribution in [0.15, 0.2) is 35.2 Å². The molecule has 0 saturated heterocycles. The number of aryl methyl sites for hydroxylation is 1. The largest absolute Gasteiger partial charge is 0.489 e. The van der Waals surface area contributed by atoms with E-state index in [1.54, 1.807) is 35.6 Å². The van der Waals surface area contributed by atoms with Crippen LogP contribution >= 0.6 is 11.3 Å². The number of rotatable bonds is 5. The summed E-state index contributed by atoms with van der Waals surface area (Å²) < 4.78 is 28.4. The molecule has 2 N–H and O–H groups in total. The molecule has 0 aliphatic carbocycles. The Balaban J connectivity index is 2.05. The van der Waals surface area contributed by atoms with Crippen molar-refractivity contribution in [2.24, 2.45) is 5.73 Å². The molecule has 2 aromatic rings. The van der Waals surface area contributed by atoms with E-state index in [0.717, 1.165) is 10.4 Å². The van der Waals surface area contributed by atoms with Crippen LogP contribution in [-0.2, 0) is 23.0 Å². The molecule has 0 amide bonds. The highest BCUT2D eigenvalue weighted by atomic mass is 32.2. The molecule has 0 saturated carbocycles. The summed E-state index contributed by atoms with van der Waals surface area (Å²) in [5.41, 5.74) is 6.72. The summed E-state index contributed by atoms with van der Waals surface area (Å²) in [4.78, 5) is 2.62. The molecule has 2 rings (SSSR count). The molecule has 0 aliphatic heterocycles. The average molecular weight is 311 g/mol. The van der Waals surface area contributed by atoms with Gasteiger partial charge in [-0.25, -0.2) is 8.42 Å². The Kier molecular flexibility index (Phi) is 4.47. The van der Waals surface area contributed by atoms with Gasteiger partial charge in [0.1, 0.15) is 12.4 Å². The van der Waals surface area contributed by atoms with Gasteiger partial charge in [0.25, 0.3) is 0 Å². The summed E-state index contributed by atoms with van der Waals surface area (Å²) >= 11 is 1.67. The highest BCUT2D eigenvalue weighted by Gasteiger charge is 2.08. The number of sulfone groups is 1. The maximum atomic E-state index is 11.4. The Bertz CT molecular complexity index is 688. The average Bonchev–Trinajstić information content (AvgIpc) is 2.76. The molecular formula is C14H17NO3S2. The molecular weight excluding hydrogens is 294 g/mol. The van der Waals surface area contributed by atoms with Crippen molar-refractivity contribution in [3.8, 4) is 5.75 Å². The minimum absolute atomic E-state index is 0.294. The van der Waals surface area contributed by atoms with Gasteiger partial charge in [0.2, 0.25) is 0 Å². The third-order valence-electron chi connectivity index (χ3n) is 2.92. The number of ether oxygens (including phenoxy) is 1. The zero-order valence-corrected chi connectivity index (χ0v) is 13.1. The van der Waals surface area contributed by atoms with Crippen LogP contribution in [0.1, 0.15) is 15.3 Å². The number of thiophene rings is 1. The van der Waals surface area contributed by atoms with Crippen LogP contribution in [0.3, 0.4) is 0 Å². The SMILES string of the molecule is Cc1sc(CN)cc1COc1ccc(S(C)(=O)=O)cc1. The summed E-state index contributed by atoms with van der Waals surface area (Å²) in [6, 6.07) is 8.49. The van der Waals surface area contributed by atoms with E-state index in [4.69, 9.17) is 10.5 Å². The molecule has 0 unspecified atom stereocenters. The van der Waals surface area contributed by atoms with Crippen LogP contribution in [-0.4, -0.2) is 14.7 Å². The molecule has 0 bridgehead atoms. The topological polar surface area (TPSA) is 69.4 Å². The molecule has 0 aliphatic rings. The fourth-order valence-electron chi connectivity index (χ4n) is 1.78. The Labute approximate surface area is 123 Å². The molecule has 1 aromatic carbocycles. The molecule has 6 heteroatoms. The minimum atomic E-state index is -3.16. The van der Waals surface area contributed by atoms with Gasteiger partial charge in [0, 0.05) is 28.1 Å². The molecule has 20 heavy (non-hydrogen) atoms. The van der Waals surface area contributed by atoms with E-state index in [2.05, 4.69) is 0 Å². The molecule has 4 nitrogen and oxygen atoms in total. The quantitative estimate of drug-likeness (QED) is 0.921. The van der Waals surface area contributed by atoms with Crippen molar-refractivity contribution in [3.63, 3.8) is 0 Å². The Morgan fingerprint density at radius 3 is 2.40 bits per heavy atom. The second-order valence-electron chi connectivity index (χ2n) is 4.53. The number of hydrogen-bond donors (Lipinski definition) is 1. The lowest BCUT2D eigenvalue weighted by Gasteiger charge is -2.06. The molecule has 1 heterocycles. The predicted octanol–water partition coefficient (Wildman–Crippen LogP) is 2.50. The first-order valence-electron chi connectivity index (χ1n) is 6.11. The lowest BCUT2D eigenvalue weighted by Crippen LogP contribution is -1.98. The van der Waals surface area contributed by atoms with Crippen molar-refractivity contribution in [1.82, 2.24) is 0 Å². The van der Waals surface area contributed by atoms with Gasteiger partial charge in [0.05, 0.1) is 4.90 Å². The van der Waals surface area contributed by atoms with Gasteiger partial charge in [-0.1, -0.05) is 0 Å². The van der Waals surface area contributed by atoms with Crippen molar-refractivity contribution in [2.75, 3.05) is 6.26 Å². The minimum Gasteiger partial charge on any atom is -0.489 e. The monoisotopic (exact) mass is 311 g/mol. The van der Waals surface area contributed by atoms with E-state index in [9.17, 15) is 8.42 Å². The van der Waals surface area contributed by atoms with Crippen LogP contribution in [0.4, 0.5) is 0 Å². The van der Waals surface area contributed by atoms with Crippen molar-refractivity contribution in [2.45, 2.75) is 25.0 Å². The van der Waals surface area contributed by atoms with Gasteiger partial charge in [-0.15, -0.1) is 11.3 Å². The normalized spacial score (nSPS) is 11.6. The third kappa shape index (κ3) is 3.59. The highest BCUT2D eigenvalue weighted by Crippen LogP contribution is 2.23. The standard InChI is InChI=1S/C14H17NO3S2/c1-10-11(7-13(8-15)19-10)9-18-12-3-5-14(6-4-12)20(2,16)17/h3-7H,8-9,15H2,1-2H3. The van der Waals surface area contributed by atoms with Crippen molar-refractivity contribution in [3.05, 3.63) is 45.6 Å². The zero-order valence-electron chi connectivity index (χ0n) is 11.4. The van der Waals surface area contributed by atoms with E-state index in [1.807, 2.05) is 13.0 Å². The Morgan fingerprint density at radius 1 is 1.25 bits per heavy atom. The second kappa shape index (κ2) is 5.95. The van der Waals surface area contributed by atoms with Gasteiger partial charge < -0.3 is 10.5 Å². The molecule has 0 atom stereocenters. The molecule has 108 valence electrons. The number of hydrogen-bond acceptors (Lipinski definition) is 5. The number of nitrogens with two attached hydrogens (primary N) is 1. The first-order chi connectivity index (χ1) is 9.40. The number of benzene rings is 1. The van der Waals surface area contributed by atoms with Crippen molar-refractivity contribution >= 4 is 21.2 Å². The van der Waals surface area contributed by atoms with Crippen LogP contribution in [0.5, 0.6) is 5.75 Å². The fraction of sp³-hybridized carbons (Fsp3) is 0.286. The van der Waals surface area contributed by atoms with Crippen LogP contribution in [0, 0.1) is 6.92 Å². The van der Waals surface area contributed by atoms with E-state index >= 15 is 0 Å². The lowest BCUT2D eigenvalue weighted by atomic mass is 10.2. The molecule has 0 spiro atoms. The molecule has 0 radical (unpaired) electrons. The maximum Gasteiger partial charge on any atom is 0.175 e. The Hall–Kier alpha value is -1.37. The van der Waals surface area contributed by atoms with E-state index in [-0.39, 0.29) is 0 Å². The third-order valence-corrected chi connectivity index (χ3v) is 5.16. The first kappa shape index (κ1) is 15.0. The molecule has 1 aromatic heterocycles.